The summed E-state index contributed by atoms with van der Waals surface area (Å²) in [5.41, 5.74) is 7.23. The zero-order valence-electron chi connectivity index (χ0n) is 29.3. The molecule has 4 aromatic carbocycles. The molecule has 49 heavy (non-hydrogen) atoms. The van der Waals surface area contributed by atoms with E-state index >= 15 is 0 Å². The van der Waals surface area contributed by atoms with Gasteiger partial charge >= 0.3 is 317 Å². The second-order valence-corrected chi connectivity index (χ2v) is 22.5. The summed E-state index contributed by atoms with van der Waals surface area (Å²) >= 11 is -2.76. The molecule has 5 heteroatoms. The maximum atomic E-state index is 6.82. The van der Waals surface area contributed by atoms with Crippen molar-refractivity contribution in [2.45, 2.75) is 65.7 Å². The van der Waals surface area contributed by atoms with Crippen molar-refractivity contribution in [3.8, 4) is 34.0 Å². The molecule has 3 nitrogen and oxygen atoms in total. The summed E-state index contributed by atoms with van der Waals surface area (Å²) in [7, 11) is 0. The number of nitrogens with zero attached hydrogens (tertiary/aromatic N) is 2. The summed E-state index contributed by atoms with van der Waals surface area (Å²) < 4.78 is 10.9. The molecule has 0 atom stereocenters. The summed E-state index contributed by atoms with van der Waals surface area (Å²) in [5, 5.41) is 0. The van der Waals surface area contributed by atoms with Gasteiger partial charge in [-0.15, -0.1) is 0 Å². The summed E-state index contributed by atoms with van der Waals surface area (Å²) in [6.07, 6.45) is 3.80. The summed E-state index contributed by atoms with van der Waals surface area (Å²) in [6.45, 7) is 15.5. The van der Waals surface area contributed by atoms with E-state index in [0.29, 0.717) is 23.3 Å². The maximum absolute atomic E-state index is 6.82. The Morgan fingerprint density at radius 1 is 0.571 bits per heavy atom. The summed E-state index contributed by atoms with van der Waals surface area (Å²) in [4.78, 5) is 9.58. The first-order valence-electron chi connectivity index (χ1n) is 16.7. The van der Waals surface area contributed by atoms with E-state index in [4.69, 9.17) is 14.7 Å². The van der Waals surface area contributed by atoms with Crippen molar-refractivity contribution in [2.24, 2.45) is 0 Å². The summed E-state index contributed by atoms with van der Waals surface area (Å²) in [6, 6.07) is 46.5. The number of hydrogen-bond acceptors (Lipinski definition) is 3. The minimum Gasteiger partial charge on any atom is 2.00 e. The van der Waals surface area contributed by atoms with Crippen LogP contribution in [0.1, 0.15) is 77.0 Å². The molecule has 6 rings (SSSR count). The fourth-order valence-corrected chi connectivity index (χ4v) is 14.7. The molecule has 0 aliphatic rings. The number of rotatable bonds is 9. The first kappa shape index (κ1) is 36.8. The van der Waals surface area contributed by atoms with Gasteiger partial charge in [-0.25, -0.2) is 0 Å². The van der Waals surface area contributed by atoms with Crippen LogP contribution in [0.15, 0.2) is 122 Å². The largest absolute Gasteiger partial charge is 2.00 e. The Kier molecular flexibility index (Phi) is 12.1. The SMILES string of the molecule is CC(C)c1ccnc(-c2[c-]c(Oc3[c-]c(-c4cc(C(C)C)ccn4)cc(C(C)(C)C)c3)c[c]([Bi]([c]3ccccc3)[c]3ccccc3)c2)c1.[Pt+2]. The Morgan fingerprint density at radius 3 is 1.51 bits per heavy atom. The number of hydrogen-bond donors (Lipinski definition) is 0. The predicted molar refractivity (Wildman–Crippen MR) is 202 cm³/mol. The van der Waals surface area contributed by atoms with Crippen molar-refractivity contribution in [2.75, 3.05) is 0 Å². The van der Waals surface area contributed by atoms with Crippen LogP contribution in [0.2, 0.25) is 0 Å². The Morgan fingerprint density at radius 2 is 1.04 bits per heavy atom. The molecule has 0 aliphatic carbocycles. The fraction of sp³-hybridized carbons (Fsp3) is 0.227. The third kappa shape index (κ3) is 9.02. The molecule has 0 unspecified atom stereocenters. The van der Waals surface area contributed by atoms with Crippen molar-refractivity contribution in [3.63, 3.8) is 0 Å². The minimum absolute atomic E-state index is 0. The number of pyridine rings is 2. The number of ether oxygens (including phenoxy) is 1. The quantitative estimate of drug-likeness (QED) is 0.107. The first-order chi connectivity index (χ1) is 23.0. The molecule has 0 radical (unpaired) electrons. The molecule has 0 spiro atoms. The molecule has 2 aromatic heterocycles. The van der Waals surface area contributed by atoms with E-state index in [1.54, 1.807) is 0 Å². The van der Waals surface area contributed by atoms with Gasteiger partial charge in [-0.1, -0.05) is 0 Å². The normalized spacial score (nSPS) is 11.6. The van der Waals surface area contributed by atoms with Gasteiger partial charge in [0.2, 0.25) is 0 Å². The van der Waals surface area contributed by atoms with E-state index in [1.807, 2.05) is 12.4 Å². The molecule has 2 heterocycles. The van der Waals surface area contributed by atoms with Gasteiger partial charge in [0.05, 0.1) is 0 Å². The molecule has 0 N–H and O–H groups in total. The second kappa shape index (κ2) is 16.1. The third-order valence-electron chi connectivity index (χ3n) is 8.50. The van der Waals surface area contributed by atoms with E-state index in [-0.39, 0.29) is 26.5 Å². The second-order valence-electron chi connectivity index (χ2n) is 13.9. The minimum atomic E-state index is -2.76. The van der Waals surface area contributed by atoms with Crippen molar-refractivity contribution in [1.82, 2.24) is 9.97 Å². The van der Waals surface area contributed by atoms with Gasteiger partial charge in [-0.3, -0.25) is 0 Å². The molecule has 0 saturated carbocycles. The fourth-order valence-electron chi connectivity index (χ4n) is 5.65. The van der Waals surface area contributed by atoms with Gasteiger partial charge in [0.1, 0.15) is 0 Å². The smallest absolute Gasteiger partial charge is 2.00 e. The topological polar surface area (TPSA) is 35.0 Å². The summed E-state index contributed by atoms with van der Waals surface area (Å²) in [5.74, 6) is 2.12. The van der Waals surface area contributed by atoms with Crippen molar-refractivity contribution in [3.05, 3.63) is 150 Å². The van der Waals surface area contributed by atoms with Gasteiger partial charge in [-0.05, 0) is 0 Å². The number of benzene rings is 4. The van der Waals surface area contributed by atoms with Crippen LogP contribution in [0.25, 0.3) is 22.5 Å². The Bertz CT molecular complexity index is 1960. The molecule has 0 fully saturated rings. The van der Waals surface area contributed by atoms with E-state index < -0.39 is 21.8 Å². The Hall–Kier alpha value is -3.45. The molecule has 0 saturated heterocycles. The van der Waals surface area contributed by atoms with Crippen LogP contribution in [0, 0.1) is 12.1 Å². The van der Waals surface area contributed by atoms with Crippen LogP contribution in [-0.4, -0.2) is 31.7 Å². The van der Waals surface area contributed by atoms with Crippen LogP contribution in [0.5, 0.6) is 11.5 Å². The maximum Gasteiger partial charge on any atom is 2.00 e. The van der Waals surface area contributed by atoms with Crippen LogP contribution in [0.4, 0.5) is 0 Å². The van der Waals surface area contributed by atoms with Crippen molar-refractivity contribution in [1.29, 1.82) is 0 Å². The van der Waals surface area contributed by atoms with Crippen LogP contribution in [0.3, 0.4) is 0 Å². The van der Waals surface area contributed by atoms with E-state index in [2.05, 4.69) is 170 Å². The average molecular weight is 1020 g/mol. The van der Waals surface area contributed by atoms with E-state index in [9.17, 15) is 0 Å². The van der Waals surface area contributed by atoms with Gasteiger partial charge < -0.3 is 0 Å². The molecule has 0 aliphatic heterocycles. The Balaban J connectivity index is 0.00000468. The monoisotopic (exact) mass is 1020 g/mol. The number of aromatic nitrogens is 2. The molecule has 6 aromatic rings. The average Bonchev–Trinajstić information content (AvgIpc) is 3.09. The zero-order valence-corrected chi connectivity index (χ0v) is 35.0. The van der Waals surface area contributed by atoms with E-state index in [1.165, 1.54) is 20.9 Å². The van der Waals surface area contributed by atoms with E-state index in [0.717, 1.165) is 28.1 Å². The van der Waals surface area contributed by atoms with Gasteiger partial charge in [0.25, 0.3) is 0 Å². The molecule has 250 valence electrons. The predicted octanol–water partition coefficient (Wildman–Crippen LogP) is 9.26. The third-order valence-corrected chi connectivity index (χ3v) is 17.8. The molecular weight excluding hydrogens is 977 g/mol. The van der Waals surface area contributed by atoms with Crippen molar-refractivity contribution >= 4 is 31.6 Å². The first-order valence-corrected chi connectivity index (χ1v) is 21.9. The Labute approximate surface area is 315 Å². The zero-order chi connectivity index (χ0) is 33.8. The molecular formula is C44H43BiN2OPt. The van der Waals surface area contributed by atoms with Gasteiger partial charge in [-0.2, -0.15) is 0 Å². The molecule has 0 bridgehead atoms. The van der Waals surface area contributed by atoms with Gasteiger partial charge in [0.15, 0.2) is 0 Å². The van der Waals surface area contributed by atoms with Crippen LogP contribution in [-0.2, 0) is 26.5 Å². The van der Waals surface area contributed by atoms with Crippen LogP contribution >= 0.6 is 0 Å². The standard InChI is InChI=1S/C32H33N2O.2C6H5.Bi.Pt/c1-21(2)23-11-13-33-30(18-23)25-9-8-10-28(16-25)35-29-17-26(15-27(20-29)32(5,6)7)31-19-24(22(3)4)12-14-34-31;2*1-2-4-6-5-3-1;;/h9-15,18-22H,1-7H3;2*1-5H;;/q-2;;;;+2. The molecule has 0 amide bonds. The van der Waals surface area contributed by atoms with Gasteiger partial charge in [0, 0.05) is 0 Å². The van der Waals surface area contributed by atoms with Crippen molar-refractivity contribution < 1.29 is 25.8 Å². The van der Waals surface area contributed by atoms with Crippen LogP contribution < -0.4 is 14.6 Å².